The lowest BCUT2D eigenvalue weighted by atomic mass is 9.94. The van der Waals surface area contributed by atoms with Gasteiger partial charge in [0, 0.05) is 21.0 Å². The van der Waals surface area contributed by atoms with E-state index in [1.165, 1.54) is 4.90 Å². The molecule has 3 aromatic carbocycles. The summed E-state index contributed by atoms with van der Waals surface area (Å²) < 4.78 is 11.2. The predicted octanol–water partition coefficient (Wildman–Crippen LogP) is 6.53. The zero-order valence-electron chi connectivity index (χ0n) is 18.5. The number of hydrogen-bond acceptors (Lipinski definition) is 5. The molecule has 0 fully saturated rings. The summed E-state index contributed by atoms with van der Waals surface area (Å²) >= 11 is 12.1. The Balaban J connectivity index is 1.60. The Hall–Kier alpha value is -3.74. The van der Waals surface area contributed by atoms with E-state index in [4.69, 9.17) is 32.4 Å². The highest BCUT2D eigenvalue weighted by Crippen LogP contribution is 2.41. The van der Waals surface area contributed by atoms with Gasteiger partial charge in [-0.05, 0) is 48.0 Å². The van der Waals surface area contributed by atoms with E-state index in [9.17, 15) is 14.7 Å². The van der Waals surface area contributed by atoms with Crippen LogP contribution in [0.5, 0.6) is 5.75 Å². The molecular weight excluding hydrogens is 489 g/mol. The highest BCUT2D eigenvalue weighted by molar-refractivity contribution is 6.31. The first-order chi connectivity index (χ1) is 16.9. The molecule has 176 valence electrons. The highest BCUT2D eigenvalue weighted by Gasteiger charge is 2.44. The Labute approximate surface area is 210 Å². The SMILES string of the molecule is COc1ccccc1CN1C(=O)C(O)=C(C(=O)c2cc3cc(Cl)ccc3o2)C1c1ccc(Cl)cc1. The van der Waals surface area contributed by atoms with Crippen molar-refractivity contribution in [2.75, 3.05) is 7.11 Å². The molecule has 1 aliphatic heterocycles. The Morgan fingerprint density at radius 3 is 2.49 bits per heavy atom. The van der Waals surface area contributed by atoms with Crippen molar-refractivity contribution in [1.29, 1.82) is 0 Å². The number of Topliss-reactive ketones (excluding diaryl/α,β-unsaturated/α-hetero) is 1. The van der Waals surface area contributed by atoms with Crippen molar-refractivity contribution in [3.8, 4) is 5.75 Å². The van der Waals surface area contributed by atoms with E-state index in [-0.39, 0.29) is 17.9 Å². The molecule has 0 spiro atoms. The standard InChI is InChI=1S/C27H19Cl2NO5/c1-34-20-5-3-2-4-16(20)14-30-24(15-6-8-18(28)9-7-15)23(26(32)27(30)33)25(31)22-13-17-12-19(29)10-11-21(17)35-22/h2-13,24,32H,14H2,1H3. The lowest BCUT2D eigenvalue weighted by molar-refractivity contribution is -0.130. The van der Waals surface area contributed by atoms with E-state index in [0.29, 0.717) is 32.3 Å². The number of furan rings is 1. The molecule has 6 nitrogen and oxygen atoms in total. The Morgan fingerprint density at radius 1 is 1.03 bits per heavy atom. The first-order valence-electron chi connectivity index (χ1n) is 10.7. The molecule has 0 radical (unpaired) electrons. The van der Waals surface area contributed by atoms with Crippen LogP contribution in [0.3, 0.4) is 0 Å². The van der Waals surface area contributed by atoms with E-state index in [2.05, 4.69) is 0 Å². The third-order valence-corrected chi connectivity index (χ3v) is 6.46. The lowest BCUT2D eigenvalue weighted by Crippen LogP contribution is -2.30. The van der Waals surface area contributed by atoms with Crippen LogP contribution in [-0.4, -0.2) is 28.8 Å². The second-order valence-corrected chi connectivity index (χ2v) is 8.96. The number of aliphatic hydroxyl groups excluding tert-OH is 1. The zero-order valence-corrected chi connectivity index (χ0v) is 20.0. The van der Waals surface area contributed by atoms with Crippen LogP contribution in [0.2, 0.25) is 10.0 Å². The highest BCUT2D eigenvalue weighted by atomic mass is 35.5. The third-order valence-electron chi connectivity index (χ3n) is 5.97. The Kier molecular flexibility index (Phi) is 6.01. The molecule has 8 heteroatoms. The fraction of sp³-hybridized carbons (Fsp3) is 0.111. The Morgan fingerprint density at radius 2 is 1.74 bits per heavy atom. The predicted molar refractivity (Wildman–Crippen MR) is 133 cm³/mol. The molecule has 0 aliphatic carbocycles. The van der Waals surface area contributed by atoms with Gasteiger partial charge in [-0.1, -0.05) is 53.5 Å². The van der Waals surface area contributed by atoms with Crippen LogP contribution in [0.1, 0.15) is 27.7 Å². The molecule has 0 saturated heterocycles. The summed E-state index contributed by atoms with van der Waals surface area (Å²) in [5, 5.41) is 12.6. The molecule has 1 aromatic heterocycles. The minimum Gasteiger partial charge on any atom is -0.503 e. The summed E-state index contributed by atoms with van der Waals surface area (Å²) in [6, 6.07) is 19.7. The van der Waals surface area contributed by atoms with E-state index < -0.39 is 23.5 Å². The quantitative estimate of drug-likeness (QED) is 0.300. The molecular formula is C27H19Cl2NO5. The molecule has 1 atom stereocenters. The summed E-state index contributed by atoms with van der Waals surface area (Å²) in [6.07, 6.45) is 0. The van der Waals surface area contributed by atoms with Gasteiger partial charge in [0.25, 0.3) is 5.91 Å². The maximum Gasteiger partial charge on any atom is 0.290 e. The number of carbonyl (C=O) groups excluding carboxylic acids is 2. The Bertz CT molecular complexity index is 1490. The second-order valence-electron chi connectivity index (χ2n) is 8.08. The van der Waals surface area contributed by atoms with Gasteiger partial charge in [-0.25, -0.2) is 0 Å². The fourth-order valence-electron chi connectivity index (χ4n) is 4.32. The number of aliphatic hydroxyl groups is 1. The van der Waals surface area contributed by atoms with Gasteiger partial charge in [-0.15, -0.1) is 0 Å². The van der Waals surface area contributed by atoms with Gasteiger partial charge in [0.15, 0.2) is 11.5 Å². The minimum absolute atomic E-state index is 0.00489. The molecule has 35 heavy (non-hydrogen) atoms. The van der Waals surface area contributed by atoms with Crippen LogP contribution in [0.4, 0.5) is 0 Å². The minimum atomic E-state index is -0.867. The van der Waals surface area contributed by atoms with Crippen LogP contribution < -0.4 is 4.74 Å². The van der Waals surface area contributed by atoms with Gasteiger partial charge in [0.1, 0.15) is 11.3 Å². The van der Waals surface area contributed by atoms with Crippen molar-refractivity contribution in [1.82, 2.24) is 4.90 Å². The number of benzene rings is 3. The van der Waals surface area contributed by atoms with Crippen molar-refractivity contribution < 1.29 is 23.8 Å². The molecule has 0 saturated carbocycles. The number of ether oxygens (including phenoxy) is 1. The number of para-hydroxylation sites is 1. The molecule has 4 aromatic rings. The molecule has 2 heterocycles. The van der Waals surface area contributed by atoms with Crippen LogP contribution in [-0.2, 0) is 11.3 Å². The van der Waals surface area contributed by atoms with Crippen molar-refractivity contribution >= 4 is 45.9 Å². The summed E-state index contributed by atoms with van der Waals surface area (Å²) in [5.41, 5.74) is 1.74. The number of hydrogen-bond donors (Lipinski definition) is 1. The first kappa shape index (κ1) is 23.0. The summed E-state index contributed by atoms with van der Waals surface area (Å²) in [7, 11) is 1.54. The van der Waals surface area contributed by atoms with E-state index in [1.54, 1.807) is 61.7 Å². The van der Waals surface area contributed by atoms with Gasteiger partial charge in [0.05, 0.1) is 25.3 Å². The van der Waals surface area contributed by atoms with Crippen LogP contribution >= 0.6 is 23.2 Å². The summed E-state index contributed by atoms with van der Waals surface area (Å²) in [4.78, 5) is 28.4. The molecule has 0 bridgehead atoms. The zero-order chi connectivity index (χ0) is 24.7. The average Bonchev–Trinajstić information content (AvgIpc) is 3.39. The van der Waals surface area contributed by atoms with Gasteiger partial charge < -0.3 is 19.2 Å². The number of ketones is 1. The summed E-state index contributed by atoms with van der Waals surface area (Å²) in [6.45, 7) is 0.104. The number of methoxy groups -OCH3 is 1. The number of nitrogens with zero attached hydrogens (tertiary/aromatic N) is 1. The van der Waals surface area contributed by atoms with E-state index in [1.807, 2.05) is 18.2 Å². The van der Waals surface area contributed by atoms with E-state index >= 15 is 0 Å². The maximum absolute atomic E-state index is 13.7. The smallest absolute Gasteiger partial charge is 0.290 e. The molecule has 1 aliphatic rings. The van der Waals surface area contributed by atoms with Gasteiger partial charge >= 0.3 is 0 Å². The molecule has 1 unspecified atom stereocenters. The molecule has 1 amide bonds. The number of fused-ring (bicyclic) bond motifs is 1. The number of amides is 1. The topological polar surface area (TPSA) is 80.0 Å². The number of halogens is 2. The normalized spacial score (nSPS) is 15.8. The first-order valence-corrected chi connectivity index (χ1v) is 11.5. The monoisotopic (exact) mass is 507 g/mol. The van der Waals surface area contributed by atoms with E-state index in [0.717, 1.165) is 5.56 Å². The fourth-order valence-corrected chi connectivity index (χ4v) is 4.62. The average molecular weight is 508 g/mol. The van der Waals surface area contributed by atoms with Crippen LogP contribution in [0, 0.1) is 0 Å². The van der Waals surface area contributed by atoms with Gasteiger partial charge in [-0.2, -0.15) is 0 Å². The second kappa shape index (κ2) is 9.13. The van der Waals surface area contributed by atoms with Crippen LogP contribution in [0.25, 0.3) is 11.0 Å². The number of rotatable bonds is 6. The van der Waals surface area contributed by atoms with Crippen LogP contribution in [0.15, 0.2) is 88.5 Å². The summed E-state index contributed by atoms with van der Waals surface area (Å²) in [5.74, 6) is -1.30. The number of carbonyl (C=O) groups is 2. The lowest BCUT2D eigenvalue weighted by Gasteiger charge is -2.27. The van der Waals surface area contributed by atoms with Gasteiger partial charge in [0.2, 0.25) is 5.78 Å². The molecule has 1 N–H and O–H groups in total. The maximum atomic E-state index is 13.7. The van der Waals surface area contributed by atoms with Gasteiger partial charge in [-0.3, -0.25) is 9.59 Å². The van der Waals surface area contributed by atoms with Crippen molar-refractivity contribution in [2.24, 2.45) is 0 Å². The van der Waals surface area contributed by atoms with Crippen molar-refractivity contribution in [2.45, 2.75) is 12.6 Å². The largest absolute Gasteiger partial charge is 0.503 e. The molecule has 5 rings (SSSR count). The third kappa shape index (κ3) is 4.16. The van der Waals surface area contributed by atoms with Crippen molar-refractivity contribution in [3.63, 3.8) is 0 Å². The van der Waals surface area contributed by atoms with Crippen molar-refractivity contribution in [3.05, 3.63) is 111 Å².